The molecule has 0 unspecified atom stereocenters. The fourth-order valence-corrected chi connectivity index (χ4v) is 3.79. The van der Waals surface area contributed by atoms with Crippen molar-refractivity contribution in [2.24, 2.45) is 0 Å². The second-order valence-corrected chi connectivity index (χ2v) is 7.89. The van der Waals surface area contributed by atoms with Crippen LogP contribution in [0, 0.1) is 6.92 Å². The molecule has 0 spiro atoms. The van der Waals surface area contributed by atoms with Gasteiger partial charge in [-0.15, -0.1) is 0 Å². The van der Waals surface area contributed by atoms with E-state index in [0.29, 0.717) is 10.9 Å². The Balaban J connectivity index is 2.01. The molecular weight excluding hydrogens is 442 g/mol. The first kappa shape index (κ1) is 24.6. The van der Waals surface area contributed by atoms with Gasteiger partial charge in [0.05, 0.1) is 25.2 Å². The summed E-state index contributed by atoms with van der Waals surface area (Å²) in [6.45, 7) is 1.94. The summed E-state index contributed by atoms with van der Waals surface area (Å²) in [5, 5.41) is 53.0. The van der Waals surface area contributed by atoms with Crippen LogP contribution in [0.15, 0.2) is 33.5 Å². The van der Waals surface area contributed by atoms with Crippen LogP contribution >= 0.6 is 0 Å². The minimum absolute atomic E-state index is 0.0835. The number of carboxylic acids is 1. The molecular formula is C21H25NO11. The third-order valence-corrected chi connectivity index (χ3v) is 5.39. The zero-order valence-electron chi connectivity index (χ0n) is 17.8. The number of aliphatic hydroxyl groups excluding tert-OH is 4. The number of hydrogen-bond acceptors (Lipinski definition) is 10. The lowest BCUT2D eigenvalue weighted by Crippen LogP contribution is -2.68. The first-order valence-corrected chi connectivity index (χ1v) is 10.0. The summed E-state index contributed by atoms with van der Waals surface area (Å²) < 4.78 is 16.3. The van der Waals surface area contributed by atoms with Gasteiger partial charge in [-0.05, 0) is 24.6 Å². The molecule has 180 valence electrons. The van der Waals surface area contributed by atoms with Crippen molar-refractivity contribution >= 4 is 22.8 Å². The van der Waals surface area contributed by atoms with Crippen molar-refractivity contribution in [3.05, 3.63) is 40.2 Å². The summed E-state index contributed by atoms with van der Waals surface area (Å²) in [7, 11) is 0. The highest BCUT2D eigenvalue weighted by Crippen LogP contribution is 2.35. The Labute approximate surface area is 187 Å². The van der Waals surface area contributed by atoms with Gasteiger partial charge in [0.2, 0.25) is 5.91 Å². The lowest BCUT2D eigenvalue weighted by atomic mass is 9.88. The van der Waals surface area contributed by atoms with Crippen LogP contribution in [0.5, 0.6) is 5.75 Å². The summed E-state index contributed by atoms with van der Waals surface area (Å²) >= 11 is 0. The topological polar surface area (TPSA) is 196 Å². The Morgan fingerprint density at radius 2 is 2.00 bits per heavy atom. The van der Waals surface area contributed by atoms with Crippen LogP contribution in [0.4, 0.5) is 0 Å². The van der Waals surface area contributed by atoms with Gasteiger partial charge in [-0.3, -0.25) is 4.79 Å². The number of aliphatic carboxylic acids is 1. The molecule has 0 bridgehead atoms. The number of carboxylic acid groups (broad SMARTS) is 1. The van der Waals surface area contributed by atoms with Crippen molar-refractivity contribution in [1.29, 1.82) is 0 Å². The number of ether oxygens (including phenoxy) is 2. The second-order valence-electron chi connectivity index (χ2n) is 7.89. The lowest BCUT2D eigenvalue weighted by Gasteiger charge is -2.46. The number of carbonyl (C=O) groups excluding carboxylic acids is 1. The van der Waals surface area contributed by atoms with Crippen molar-refractivity contribution in [3.63, 3.8) is 0 Å². The van der Waals surface area contributed by atoms with E-state index >= 15 is 0 Å². The molecule has 0 radical (unpaired) electrons. The van der Waals surface area contributed by atoms with E-state index in [1.807, 2.05) is 0 Å². The quantitative estimate of drug-likeness (QED) is 0.263. The number of rotatable bonds is 7. The molecule has 1 amide bonds. The van der Waals surface area contributed by atoms with Crippen molar-refractivity contribution in [1.82, 2.24) is 5.32 Å². The van der Waals surface area contributed by atoms with E-state index in [1.165, 1.54) is 18.2 Å². The molecule has 1 fully saturated rings. The zero-order chi connectivity index (χ0) is 24.5. The van der Waals surface area contributed by atoms with Crippen molar-refractivity contribution in [2.45, 2.75) is 56.5 Å². The fraction of sp³-hybridized carbons (Fsp3) is 0.476. The van der Waals surface area contributed by atoms with E-state index in [1.54, 1.807) is 13.0 Å². The summed E-state index contributed by atoms with van der Waals surface area (Å²) in [4.78, 5) is 35.5. The van der Waals surface area contributed by atoms with E-state index in [4.69, 9.17) is 13.9 Å². The molecule has 12 nitrogen and oxygen atoms in total. The van der Waals surface area contributed by atoms with Crippen molar-refractivity contribution < 1.29 is 49.0 Å². The van der Waals surface area contributed by atoms with Gasteiger partial charge < -0.3 is 44.7 Å². The number of aliphatic hydroxyl groups is 4. The van der Waals surface area contributed by atoms with Gasteiger partial charge in [-0.25, -0.2) is 9.59 Å². The van der Waals surface area contributed by atoms with Crippen molar-refractivity contribution in [3.8, 4) is 5.75 Å². The number of benzene rings is 1. The van der Waals surface area contributed by atoms with Gasteiger partial charge in [0.25, 0.3) is 0 Å². The minimum Gasteiger partial charge on any atom is -0.476 e. The molecule has 1 aliphatic rings. The number of carbonyl (C=O) groups is 2. The monoisotopic (exact) mass is 467 g/mol. The predicted octanol–water partition coefficient (Wildman–Crippen LogP) is -1.37. The summed E-state index contributed by atoms with van der Waals surface area (Å²) in [6, 6.07) is 4.21. The van der Waals surface area contributed by atoms with Crippen LogP contribution in [-0.2, 0) is 14.3 Å². The molecule has 2 heterocycles. The molecule has 3 rings (SSSR count). The van der Waals surface area contributed by atoms with Gasteiger partial charge in [0.1, 0.15) is 29.6 Å². The van der Waals surface area contributed by atoms with Crippen LogP contribution in [-0.4, -0.2) is 80.3 Å². The van der Waals surface area contributed by atoms with Gasteiger partial charge >= 0.3 is 17.4 Å². The zero-order valence-corrected chi connectivity index (χ0v) is 17.8. The molecule has 1 saturated heterocycles. The molecule has 1 aliphatic heterocycles. The maximum Gasteiger partial charge on any atom is 0.377 e. The van der Waals surface area contributed by atoms with E-state index in [-0.39, 0.29) is 11.3 Å². The Morgan fingerprint density at radius 1 is 1.30 bits per heavy atom. The second kappa shape index (κ2) is 9.45. The molecule has 0 saturated carbocycles. The van der Waals surface area contributed by atoms with E-state index in [9.17, 15) is 39.9 Å². The highest BCUT2D eigenvalue weighted by molar-refractivity contribution is 5.82. The van der Waals surface area contributed by atoms with Crippen LogP contribution < -0.4 is 15.7 Å². The SMILES string of the molecule is CC(=O)N[C@@H]1[C@H]([C@H](O)[C@H](O)CO)O[C@](Oc2ccc3c(C)cc(=O)oc3c2)(C(=O)O)C[C@@H]1O. The first-order valence-electron chi connectivity index (χ1n) is 10.0. The predicted molar refractivity (Wildman–Crippen MR) is 110 cm³/mol. The average Bonchev–Trinajstić information content (AvgIpc) is 2.73. The molecule has 6 N–H and O–H groups in total. The average molecular weight is 467 g/mol. The molecule has 1 aromatic carbocycles. The first-order chi connectivity index (χ1) is 15.5. The fourth-order valence-electron chi connectivity index (χ4n) is 3.79. The number of amides is 1. The number of nitrogens with one attached hydrogen (secondary N) is 1. The highest BCUT2D eigenvalue weighted by Gasteiger charge is 2.56. The van der Waals surface area contributed by atoms with E-state index < -0.39 is 66.8 Å². The summed E-state index contributed by atoms with van der Waals surface area (Å²) in [5.74, 6) is -4.90. The van der Waals surface area contributed by atoms with Crippen LogP contribution in [0.1, 0.15) is 18.9 Å². The van der Waals surface area contributed by atoms with Gasteiger partial charge in [0, 0.05) is 24.4 Å². The Kier molecular flexibility index (Phi) is 7.05. The van der Waals surface area contributed by atoms with E-state index in [0.717, 1.165) is 6.92 Å². The maximum atomic E-state index is 12.2. The van der Waals surface area contributed by atoms with Gasteiger partial charge in [-0.1, -0.05) is 0 Å². The maximum absolute atomic E-state index is 12.2. The van der Waals surface area contributed by atoms with Crippen LogP contribution in [0.3, 0.4) is 0 Å². The lowest BCUT2D eigenvalue weighted by molar-refractivity contribution is -0.284. The third kappa shape index (κ3) is 4.99. The van der Waals surface area contributed by atoms with Crippen molar-refractivity contribution in [2.75, 3.05) is 6.61 Å². The summed E-state index contributed by atoms with van der Waals surface area (Å²) in [5.41, 5.74) is 0.135. The number of hydrogen-bond donors (Lipinski definition) is 6. The molecule has 6 atom stereocenters. The Bertz CT molecular complexity index is 1100. The van der Waals surface area contributed by atoms with Crippen LogP contribution in [0.25, 0.3) is 11.0 Å². The van der Waals surface area contributed by atoms with Crippen LogP contribution in [0.2, 0.25) is 0 Å². The Morgan fingerprint density at radius 3 is 2.61 bits per heavy atom. The molecule has 12 heteroatoms. The molecule has 33 heavy (non-hydrogen) atoms. The third-order valence-electron chi connectivity index (χ3n) is 5.39. The highest BCUT2D eigenvalue weighted by atomic mass is 16.7. The number of fused-ring (bicyclic) bond motifs is 1. The van der Waals surface area contributed by atoms with E-state index in [2.05, 4.69) is 5.32 Å². The normalized spacial score (nSPS) is 27.0. The van der Waals surface area contributed by atoms with Gasteiger partial charge in [-0.2, -0.15) is 0 Å². The molecule has 1 aromatic heterocycles. The molecule has 2 aromatic rings. The molecule has 0 aliphatic carbocycles. The largest absolute Gasteiger partial charge is 0.476 e. The minimum atomic E-state index is -2.55. The smallest absolute Gasteiger partial charge is 0.377 e. The van der Waals surface area contributed by atoms with Gasteiger partial charge in [0.15, 0.2) is 0 Å². The summed E-state index contributed by atoms with van der Waals surface area (Å²) in [6.07, 6.45) is -7.56. The number of aryl methyl sites for hydroxylation is 1. The Hall–Kier alpha value is -3.03. The standard InChI is InChI=1S/C21H25NO11/c1-9-5-16(27)31-15-6-11(3-4-12(9)15)32-21(20(29)30)7-13(25)17(22-10(2)24)19(33-21)18(28)14(26)8-23/h3-6,13-14,17-19,23,25-26,28H,7-8H2,1-2H3,(H,22,24)(H,29,30)/t13-,14+,17-,18+,19+,21-/m0/s1.